The lowest BCUT2D eigenvalue weighted by Gasteiger charge is -2.12. The highest BCUT2D eigenvalue weighted by atomic mass is 16.5. The van der Waals surface area contributed by atoms with E-state index in [9.17, 15) is 9.59 Å². The molecule has 0 bridgehead atoms. The Kier molecular flexibility index (Phi) is 5.12. The van der Waals surface area contributed by atoms with E-state index in [1.54, 1.807) is 17.8 Å². The first-order valence-corrected chi connectivity index (χ1v) is 9.05. The van der Waals surface area contributed by atoms with Gasteiger partial charge in [-0.2, -0.15) is 10.2 Å². The summed E-state index contributed by atoms with van der Waals surface area (Å²) in [6, 6.07) is 5.92. The second-order valence-electron chi connectivity index (χ2n) is 6.89. The SMILES string of the molecule is CCOC(=O)Cn1nc(C(C)C)c2cnn(-c3ccc(C)c(C)c3)c2c1=O. The van der Waals surface area contributed by atoms with Gasteiger partial charge in [-0.3, -0.25) is 9.59 Å². The van der Waals surface area contributed by atoms with Crippen LogP contribution in [0.1, 0.15) is 43.5 Å². The summed E-state index contributed by atoms with van der Waals surface area (Å²) < 4.78 is 7.78. The molecule has 142 valence electrons. The Bertz CT molecular complexity index is 1060. The summed E-state index contributed by atoms with van der Waals surface area (Å²) >= 11 is 0. The number of hydrogen-bond donors (Lipinski definition) is 0. The van der Waals surface area contributed by atoms with Crippen molar-refractivity contribution in [1.82, 2.24) is 19.6 Å². The maximum atomic E-state index is 13.1. The van der Waals surface area contributed by atoms with E-state index in [-0.39, 0.29) is 24.6 Å². The summed E-state index contributed by atoms with van der Waals surface area (Å²) in [5, 5.41) is 9.56. The fraction of sp³-hybridized carbons (Fsp3) is 0.400. The lowest BCUT2D eigenvalue weighted by molar-refractivity contribution is -0.144. The van der Waals surface area contributed by atoms with E-state index in [0.717, 1.165) is 16.9 Å². The molecule has 0 atom stereocenters. The Labute approximate surface area is 157 Å². The lowest BCUT2D eigenvalue weighted by atomic mass is 10.1. The lowest BCUT2D eigenvalue weighted by Crippen LogP contribution is -2.30. The van der Waals surface area contributed by atoms with Crippen LogP contribution in [0.25, 0.3) is 16.6 Å². The van der Waals surface area contributed by atoms with Crippen LogP contribution < -0.4 is 5.56 Å². The summed E-state index contributed by atoms with van der Waals surface area (Å²) in [6.45, 7) is 9.81. The monoisotopic (exact) mass is 368 g/mol. The van der Waals surface area contributed by atoms with Gasteiger partial charge >= 0.3 is 5.97 Å². The van der Waals surface area contributed by atoms with Crippen LogP contribution in [0.15, 0.2) is 29.2 Å². The zero-order valence-electron chi connectivity index (χ0n) is 16.3. The Morgan fingerprint density at radius 1 is 1.22 bits per heavy atom. The van der Waals surface area contributed by atoms with Gasteiger partial charge in [-0.05, 0) is 49.9 Å². The molecular weight excluding hydrogens is 344 g/mol. The molecule has 27 heavy (non-hydrogen) atoms. The van der Waals surface area contributed by atoms with Crippen molar-refractivity contribution in [1.29, 1.82) is 0 Å². The Morgan fingerprint density at radius 2 is 1.96 bits per heavy atom. The molecule has 0 fully saturated rings. The number of aryl methyl sites for hydroxylation is 2. The summed E-state index contributed by atoms with van der Waals surface area (Å²) in [7, 11) is 0. The van der Waals surface area contributed by atoms with Crippen LogP contribution in [-0.4, -0.2) is 32.1 Å². The molecule has 0 spiro atoms. The maximum Gasteiger partial charge on any atom is 0.327 e. The summed E-state index contributed by atoms with van der Waals surface area (Å²) in [5.74, 6) is -0.419. The predicted molar refractivity (Wildman–Crippen MR) is 103 cm³/mol. The largest absolute Gasteiger partial charge is 0.465 e. The van der Waals surface area contributed by atoms with E-state index >= 15 is 0 Å². The molecule has 0 radical (unpaired) electrons. The molecule has 3 aromatic rings. The van der Waals surface area contributed by atoms with Crippen molar-refractivity contribution in [2.75, 3.05) is 6.61 Å². The van der Waals surface area contributed by atoms with Gasteiger partial charge in [0, 0.05) is 5.39 Å². The van der Waals surface area contributed by atoms with Crippen molar-refractivity contribution in [2.24, 2.45) is 0 Å². The molecule has 0 saturated heterocycles. The Morgan fingerprint density at radius 3 is 2.59 bits per heavy atom. The van der Waals surface area contributed by atoms with Crippen LogP contribution in [-0.2, 0) is 16.1 Å². The fourth-order valence-electron chi connectivity index (χ4n) is 3.01. The van der Waals surface area contributed by atoms with Gasteiger partial charge in [0.2, 0.25) is 0 Å². The van der Waals surface area contributed by atoms with Gasteiger partial charge in [-0.1, -0.05) is 19.9 Å². The van der Waals surface area contributed by atoms with Crippen molar-refractivity contribution in [3.05, 3.63) is 51.6 Å². The Balaban J connectivity index is 2.25. The molecule has 0 aliphatic rings. The quantitative estimate of drug-likeness (QED) is 0.647. The number of ether oxygens (including phenoxy) is 1. The van der Waals surface area contributed by atoms with Gasteiger partial charge in [0.25, 0.3) is 5.56 Å². The third-order valence-electron chi connectivity index (χ3n) is 4.58. The van der Waals surface area contributed by atoms with Crippen LogP contribution >= 0.6 is 0 Å². The molecule has 0 saturated carbocycles. The number of esters is 1. The van der Waals surface area contributed by atoms with Gasteiger partial charge in [-0.25, -0.2) is 9.36 Å². The third-order valence-corrected chi connectivity index (χ3v) is 4.58. The molecule has 0 N–H and O–H groups in total. The molecule has 0 amide bonds. The molecule has 0 aliphatic heterocycles. The first kappa shape index (κ1) is 18.8. The van der Waals surface area contributed by atoms with Crippen molar-refractivity contribution in [3.8, 4) is 5.69 Å². The molecular formula is C20H24N4O3. The van der Waals surface area contributed by atoms with Crippen LogP contribution in [0, 0.1) is 13.8 Å². The average molecular weight is 368 g/mol. The maximum absolute atomic E-state index is 13.1. The van der Waals surface area contributed by atoms with E-state index in [0.29, 0.717) is 10.9 Å². The topological polar surface area (TPSA) is 79.0 Å². The average Bonchev–Trinajstić information content (AvgIpc) is 3.05. The smallest absolute Gasteiger partial charge is 0.327 e. The van der Waals surface area contributed by atoms with Crippen LogP contribution in [0.4, 0.5) is 0 Å². The first-order chi connectivity index (χ1) is 12.8. The molecule has 7 heteroatoms. The number of hydrogen-bond acceptors (Lipinski definition) is 5. The number of fused-ring (bicyclic) bond motifs is 1. The van der Waals surface area contributed by atoms with E-state index in [1.807, 2.05) is 45.9 Å². The fourth-order valence-corrected chi connectivity index (χ4v) is 3.01. The highest BCUT2D eigenvalue weighted by molar-refractivity contribution is 5.82. The summed E-state index contributed by atoms with van der Waals surface area (Å²) in [5.41, 5.74) is 3.86. The molecule has 3 rings (SSSR count). The minimum atomic E-state index is -0.488. The van der Waals surface area contributed by atoms with E-state index < -0.39 is 5.97 Å². The van der Waals surface area contributed by atoms with Gasteiger partial charge in [0.05, 0.1) is 24.2 Å². The number of carbonyl (C=O) groups excluding carboxylic acids is 1. The van der Waals surface area contributed by atoms with Crippen molar-refractivity contribution < 1.29 is 9.53 Å². The number of nitrogens with zero attached hydrogens (tertiary/aromatic N) is 4. The van der Waals surface area contributed by atoms with E-state index in [1.165, 1.54) is 10.2 Å². The van der Waals surface area contributed by atoms with E-state index in [4.69, 9.17) is 4.74 Å². The Hall–Kier alpha value is -2.96. The van der Waals surface area contributed by atoms with Crippen LogP contribution in [0.2, 0.25) is 0 Å². The summed E-state index contributed by atoms with van der Waals surface area (Å²) in [4.78, 5) is 25.0. The van der Waals surface area contributed by atoms with Gasteiger partial charge in [-0.15, -0.1) is 0 Å². The first-order valence-electron chi connectivity index (χ1n) is 9.05. The minimum Gasteiger partial charge on any atom is -0.465 e. The minimum absolute atomic E-state index is 0.0685. The van der Waals surface area contributed by atoms with Crippen LogP contribution in [0.3, 0.4) is 0 Å². The highest BCUT2D eigenvalue weighted by Gasteiger charge is 2.20. The molecule has 2 heterocycles. The number of carbonyl (C=O) groups is 1. The van der Waals surface area contributed by atoms with Crippen LogP contribution in [0.5, 0.6) is 0 Å². The van der Waals surface area contributed by atoms with Gasteiger partial charge < -0.3 is 4.74 Å². The van der Waals surface area contributed by atoms with Crippen molar-refractivity contribution in [2.45, 2.75) is 47.1 Å². The zero-order valence-corrected chi connectivity index (χ0v) is 16.3. The zero-order chi connectivity index (χ0) is 19.7. The summed E-state index contributed by atoms with van der Waals surface area (Å²) in [6.07, 6.45) is 1.67. The second-order valence-corrected chi connectivity index (χ2v) is 6.89. The molecule has 2 aromatic heterocycles. The van der Waals surface area contributed by atoms with Gasteiger partial charge in [0.1, 0.15) is 12.1 Å². The van der Waals surface area contributed by atoms with Gasteiger partial charge in [0.15, 0.2) is 0 Å². The third kappa shape index (κ3) is 3.49. The second kappa shape index (κ2) is 7.34. The van der Waals surface area contributed by atoms with E-state index in [2.05, 4.69) is 10.2 Å². The standard InChI is InChI=1S/C20H24N4O3/c1-6-27-17(25)11-23-20(26)19-16(18(22-23)12(2)3)10-21-24(19)15-8-7-13(4)14(5)9-15/h7-10,12H,6,11H2,1-5H3. The predicted octanol–water partition coefficient (Wildman–Crippen LogP) is 2.89. The normalized spacial score (nSPS) is 11.3. The number of rotatable bonds is 5. The molecule has 1 aromatic carbocycles. The number of aromatic nitrogens is 4. The number of benzene rings is 1. The molecule has 0 unspecified atom stereocenters. The van der Waals surface area contributed by atoms with Crippen molar-refractivity contribution in [3.63, 3.8) is 0 Å². The van der Waals surface area contributed by atoms with Crippen molar-refractivity contribution >= 4 is 16.9 Å². The molecule has 7 nitrogen and oxygen atoms in total. The highest BCUT2D eigenvalue weighted by Crippen LogP contribution is 2.23. The molecule has 0 aliphatic carbocycles.